The van der Waals surface area contributed by atoms with Gasteiger partial charge in [0.05, 0.1) is 5.69 Å². The van der Waals surface area contributed by atoms with Crippen LogP contribution in [0.15, 0.2) is 64.7 Å². The number of thioether (sulfide) groups is 1. The van der Waals surface area contributed by atoms with Gasteiger partial charge in [0.25, 0.3) is 0 Å². The molecular weight excluding hydrogens is 320 g/mol. The van der Waals surface area contributed by atoms with Gasteiger partial charge in [-0.3, -0.25) is 4.79 Å². The van der Waals surface area contributed by atoms with E-state index in [-0.39, 0.29) is 11.5 Å². The van der Waals surface area contributed by atoms with Gasteiger partial charge in [0.2, 0.25) is 5.78 Å². The number of benzene rings is 2. The maximum absolute atomic E-state index is 12.4. The van der Waals surface area contributed by atoms with E-state index in [0.717, 1.165) is 0 Å². The molecule has 2 rings (SSSR count). The van der Waals surface area contributed by atoms with Crippen LogP contribution in [-0.2, 0) is 0 Å². The Hall–Kier alpha value is -2.11. The summed E-state index contributed by atoms with van der Waals surface area (Å²) in [4.78, 5) is 16.8. The van der Waals surface area contributed by atoms with Gasteiger partial charge in [0.1, 0.15) is 5.04 Å². The van der Waals surface area contributed by atoms with Gasteiger partial charge in [-0.25, -0.2) is 4.99 Å². The van der Waals surface area contributed by atoms with Crippen molar-refractivity contribution in [3.63, 3.8) is 0 Å². The summed E-state index contributed by atoms with van der Waals surface area (Å²) in [5, 5.41) is 13.3. The summed E-state index contributed by atoms with van der Waals surface area (Å²) in [6.07, 6.45) is 1.76. The van der Waals surface area contributed by atoms with E-state index in [1.807, 2.05) is 6.07 Å². The van der Waals surface area contributed by atoms with Gasteiger partial charge < -0.3 is 5.21 Å². The van der Waals surface area contributed by atoms with Crippen LogP contribution in [-0.4, -0.2) is 28.0 Å². The second-order valence-corrected chi connectivity index (χ2v) is 5.47. The Morgan fingerprint density at radius 1 is 1.09 bits per heavy atom. The molecule has 112 valence electrons. The van der Waals surface area contributed by atoms with Crippen molar-refractivity contribution in [2.45, 2.75) is 0 Å². The first-order chi connectivity index (χ1) is 10.7. The summed E-state index contributed by atoms with van der Waals surface area (Å²) >= 11 is 7.06. The van der Waals surface area contributed by atoms with E-state index in [4.69, 9.17) is 11.6 Å². The Labute approximate surface area is 137 Å². The number of carbonyl (C=O) groups is 1. The molecule has 2 aromatic rings. The van der Waals surface area contributed by atoms with Gasteiger partial charge >= 0.3 is 0 Å². The molecule has 6 heteroatoms. The summed E-state index contributed by atoms with van der Waals surface area (Å²) in [5.41, 5.74) is 0.970. The number of nitrogens with zero attached hydrogens (tertiary/aromatic N) is 2. The standard InChI is InChI=1S/C16H13ClN2O2S/c1-22-16(18-13-9-7-12(17)8-10-13)14(19-21)15(20)11-5-3-2-4-6-11/h2-10,21H,1H3/b18-16?,19-14+. The number of oxime groups is 1. The molecule has 0 heterocycles. The fourth-order valence-corrected chi connectivity index (χ4v) is 2.39. The first-order valence-electron chi connectivity index (χ1n) is 6.36. The lowest BCUT2D eigenvalue weighted by Gasteiger charge is -2.06. The van der Waals surface area contributed by atoms with Gasteiger partial charge in [0.15, 0.2) is 5.71 Å². The zero-order valence-electron chi connectivity index (χ0n) is 11.7. The monoisotopic (exact) mass is 332 g/mol. The number of rotatable bonds is 4. The first-order valence-corrected chi connectivity index (χ1v) is 7.96. The molecule has 0 bridgehead atoms. The number of Topliss-reactive ketones (excluding diaryl/α,β-unsaturated/α-hetero) is 1. The molecule has 0 aromatic heterocycles. The smallest absolute Gasteiger partial charge is 0.217 e. The molecule has 1 N–H and O–H groups in total. The van der Waals surface area contributed by atoms with E-state index in [1.54, 1.807) is 54.8 Å². The van der Waals surface area contributed by atoms with Crippen LogP contribution in [0.2, 0.25) is 5.02 Å². The quantitative estimate of drug-likeness (QED) is 0.296. The van der Waals surface area contributed by atoms with Gasteiger partial charge in [-0.05, 0) is 30.5 Å². The van der Waals surface area contributed by atoms with Crippen LogP contribution >= 0.6 is 23.4 Å². The number of ketones is 1. The molecule has 0 atom stereocenters. The van der Waals surface area contributed by atoms with Crippen molar-refractivity contribution in [2.75, 3.05) is 6.26 Å². The van der Waals surface area contributed by atoms with Gasteiger partial charge in [-0.15, -0.1) is 11.8 Å². The highest BCUT2D eigenvalue weighted by Gasteiger charge is 2.20. The average molecular weight is 333 g/mol. The lowest BCUT2D eigenvalue weighted by atomic mass is 10.1. The molecule has 0 unspecified atom stereocenters. The van der Waals surface area contributed by atoms with Crippen molar-refractivity contribution in [1.29, 1.82) is 0 Å². The maximum atomic E-state index is 12.4. The SMILES string of the molecule is CSC(=Nc1ccc(Cl)cc1)/C(=N/O)C(=O)c1ccccc1. The maximum Gasteiger partial charge on any atom is 0.217 e. The number of halogens is 1. The van der Waals surface area contributed by atoms with E-state index in [2.05, 4.69) is 10.1 Å². The minimum Gasteiger partial charge on any atom is -0.410 e. The molecule has 2 aromatic carbocycles. The number of hydrogen-bond acceptors (Lipinski definition) is 5. The summed E-state index contributed by atoms with van der Waals surface area (Å²) in [6.45, 7) is 0. The fraction of sp³-hybridized carbons (Fsp3) is 0.0625. The Balaban J connectivity index is 2.35. The zero-order chi connectivity index (χ0) is 15.9. The Morgan fingerprint density at radius 2 is 1.73 bits per heavy atom. The Kier molecular flexibility index (Phi) is 5.75. The Morgan fingerprint density at radius 3 is 2.27 bits per heavy atom. The van der Waals surface area contributed by atoms with E-state index >= 15 is 0 Å². The summed E-state index contributed by atoms with van der Waals surface area (Å²) in [5.74, 6) is -0.384. The lowest BCUT2D eigenvalue weighted by molar-refractivity contribution is 0.106. The van der Waals surface area contributed by atoms with Gasteiger partial charge in [-0.2, -0.15) is 0 Å². The molecule has 0 saturated heterocycles. The third-order valence-electron chi connectivity index (χ3n) is 2.80. The molecule has 0 saturated carbocycles. The third-order valence-corrected chi connectivity index (χ3v) is 3.73. The zero-order valence-corrected chi connectivity index (χ0v) is 13.3. The summed E-state index contributed by atoms with van der Waals surface area (Å²) < 4.78 is 0. The van der Waals surface area contributed by atoms with Crippen molar-refractivity contribution in [2.24, 2.45) is 10.1 Å². The van der Waals surface area contributed by atoms with Crippen molar-refractivity contribution in [3.8, 4) is 0 Å². The predicted molar refractivity (Wildman–Crippen MR) is 92.1 cm³/mol. The number of aliphatic imine (C=N–C) groups is 1. The van der Waals surface area contributed by atoms with Gasteiger partial charge in [-0.1, -0.05) is 47.1 Å². The van der Waals surface area contributed by atoms with Crippen LogP contribution in [0.3, 0.4) is 0 Å². The van der Waals surface area contributed by atoms with Crippen LogP contribution in [0, 0.1) is 0 Å². The van der Waals surface area contributed by atoms with Gasteiger partial charge in [0, 0.05) is 10.6 Å². The largest absolute Gasteiger partial charge is 0.410 e. The molecule has 22 heavy (non-hydrogen) atoms. The Bertz CT molecular complexity index is 713. The topological polar surface area (TPSA) is 62.0 Å². The molecule has 0 amide bonds. The minimum atomic E-state index is -0.384. The normalized spacial score (nSPS) is 12.3. The van der Waals surface area contributed by atoms with Crippen LogP contribution in [0.25, 0.3) is 0 Å². The minimum absolute atomic E-state index is 0.0892. The van der Waals surface area contributed by atoms with Crippen molar-refractivity contribution < 1.29 is 10.0 Å². The van der Waals surface area contributed by atoms with E-state index < -0.39 is 0 Å². The summed E-state index contributed by atoms with van der Waals surface area (Å²) in [6, 6.07) is 15.5. The van der Waals surface area contributed by atoms with Crippen LogP contribution in [0.1, 0.15) is 10.4 Å². The molecule has 0 radical (unpaired) electrons. The first kappa shape index (κ1) is 16.3. The number of hydrogen-bond donors (Lipinski definition) is 1. The second kappa shape index (κ2) is 7.77. The molecule has 0 spiro atoms. The van der Waals surface area contributed by atoms with E-state index in [0.29, 0.717) is 21.3 Å². The third kappa shape index (κ3) is 3.96. The fourth-order valence-electron chi connectivity index (χ4n) is 1.74. The highest BCUT2D eigenvalue weighted by molar-refractivity contribution is 8.15. The van der Waals surface area contributed by atoms with Crippen molar-refractivity contribution in [3.05, 3.63) is 65.2 Å². The predicted octanol–water partition coefficient (Wildman–Crippen LogP) is 4.45. The number of carbonyl (C=O) groups excluding carboxylic acids is 1. The van der Waals surface area contributed by atoms with E-state index in [9.17, 15) is 10.0 Å². The van der Waals surface area contributed by atoms with Crippen LogP contribution < -0.4 is 0 Å². The average Bonchev–Trinajstić information content (AvgIpc) is 2.57. The molecule has 4 nitrogen and oxygen atoms in total. The van der Waals surface area contributed by atoms with Crippen LogP contribution in [0.5, 0.6) is 0 Å². The second-order valence-electron chi connectivity index (χ2n) is 4.24. The molecule has 0 fully saturated rings. The van der Waals surface area contributed by atoms with Crippen molar-refractivity contribution >= 4 is 45.6 Å². The van der Waals surface area contributed by atoms with Crippen LogP contribution in [0.4, 0.5) is 5.69 Å². The van der Waals surface area contributed by atoms with Crippen molar-refractivity contribution in [1.82, 2.24) is 0 Å². The van der Waals surface area contributed by atoms with E-state index in [1.165, 1.54) is 11.8 Å². The molecular formula is C16H13ClN2O2S. The lowest BCUT2D eigenvalue weighted by Crippen LogP contribution is -2.22. The molecule has 0 aliphatic carbocycles. The molecule has 0 aliphatic rings. The summed E-state index contributed by atoms with van der Waals surface area (Å²) in [7, 11) is 0. The highest BCUT2D eigenvalue weighted by atomic mass is 35.5. The highest BCUT2D eigenvalue weighted by Crippen LogP contribution is 2.19. The molecule has 0 aliphatic heterocycles.